The van der Waals surface area contributed by atoms with Crippen LogP contribution in [0.2, 0.25) is 0 Å². The molecule has 0 bridgehead atoms. The van der Waals surface area contributed by atoms with Crippen molar-refractivity contribution in [2.45, 2.75) is 6.42 Å². The van der Waals surface area contributed by atoms with Gasteiger partial charge in [0.2, 0.25) is 10.0 Å². The number of H-pyrrole nitrogens is 1. The highest BCUT2D eigenvalue weighted by Gasteiger charge is 2.12. The first-order chi connectivity index (χ1) is 7.05. The van der Waals surface area contributed by atoms with Gasteiger partial charge in [-0.15, -0.1) is 0 Å². The molecule has 86 valence electrons. The summed E-state index contributed by atoms with van der Waals surface area (Å²) >= 11 is 0. The quantitative estimate of drug-likeness (QED) is 0.589. The van der Waals surface area contributed by atoms with Crippen molar-refractivity contribution in [3.63, 3.8) is 0 Å². The minimum absolute atomic E-state index is 0.0146. The second-order valence-electron chi connectivity index (χ2n) is 2.97. The van der Waals surface area contributed by atoms with Gasteiger partial charge in [-0.2, -0.15) is 5.10 Å². The Morgan fingerprint density at radius 3 is 2.93 bits per heavy atom. The summed E-state index contributed by atoms with van der Waals surface area (Å²) < 4.78 is 30.0. The van der Waals surface area contributed by atoms with Crippen LogP contribution in [0.1, 0.15) is 6.42 Å². The minimum atomic E-state index is -3.38. The molecule has 1 aromatic rings. The summed E-state index contributed by atoms with van der Waals surface area (Å²) in [5, 5.41) is 6.06. The van der Waals surface area contributed by atoms with Gasteiger partial charge in [-0.25, -0.2) is 8.42 Å². The molecule has 0 saturated carbocycles. The maximum Gasteiger partial charge on any atom is 0.234 e. The first kappa shape index (κ1) is 11.8. The normalized spacial score (nSPS) is 11.5. The Kier molecular flexibility index (Phi) is 3.92. The third-order valence-electron chi connectivity index (χ3n) is 1.69. The van der Waals surface area contributed by atoms with Gasteiger partial charge in [0.25, 0.3) is 0 Å². The van der Waals surface area contributed by atoms with Crippen LogP contribution in [0.25, 0.3) is 0 Å². The number of ether oxygens (including phenoxy) is 1. The fourth-order valence-corrected chi connectivity index (χ4v) is 2.05. The molecule has 0 aromatic carbocycles. The van der Waals surface area contributed by atoms with Crippen LogP contribution >= 0.6 is 0 Å². The van der Waals surface area contributed by atoms with E-state index < -0.39 is 10.0 Å². The van der Waals surface area contributed by atoms with E-state index in [9.17, 15) is 8.42 Å². The van der Waals surface area contributed by atoms with E-state index in [1.54, 1.807) is 0 Å². The van der Waals surface area contributed by atoms with E-state index in [0.29, 0.717) is 13.0 Å². The van der Waals surface area contributed by atoms with Gasteiger partial charge in [0.05, 0.1) is 17.6 Å². The van der Waals surface area contributed by atoms with E-state index in [1.807, 2.05) is 0 Å². The predicted molar refractivity (Wildman–Crippen MR) is 56.9 cm³/mol. The molecule has 0 radical (unpaired) electrons. The van der Waals surface area contributed by atoms with Gasteiger partial charge in [-0.3, -0.25) is 9.82 Å². The molecule has 15 heavy (non-hydrogen) atoms. The molecule has 0 fully saturated rings. The van der Waals surface area contributed by atoms with Crippen molar-refractivity contribution in [3.05, 3.63) is 6.20 Å². The summed E-state index contributed by atoms with van der Waals surface area (Å²) in [5.74, 6) is 0.187. The van der Waals surface area contributed by atoms with E-state index in [4.69, 9.17) is 10.5 Å². The lowest BCUT2D eigenvalue weighted by Gasteiger charge is -2.05. The smallest absolute Gasteiger partial charge is 0.234 e. The fourth-order valence-electron chi connectivity index (χ4n) is 0.977. The Balaban J connectivity index is 2.53. The van der Waals surface area contributed by atoms with Crippen LogP contribution in [0.5, 0.6) is 0 Å². The van der Waals surface area contributed by atoms with Crippen LogP contribution in [-0.2, 0) is 14.8 Å². The second-order valence-corrected chi connectivity index (χ2v) is 4.81. The number of rotatable bonds is 6. The molecule has 0 amide bonds. The molecule has 1 heterocycles. The fraction of sp³-hybridized carbons (Fsp3) is 0.571. The molecule has 4 N–H and O–H groups in total. The van der Waals surface area contributed by atoms with Crippen molar-refractivity contribution in [1.82, 2.24) is 10.2 Å². The SMILES string of the molecule is COCCCS(=O)(=O)Nc1[nH]ncc1N. The lowest BCUT2D eigenvalue weighted by molar-refractivity contribution is 0.199. The summed E-state index contributed by atoms with van der Waals surface area (Å²) in [6, 6.07) is 0. The summed E-state index contributed by atoms with van der Waals surface area (Å²) in [7, 11) is -1.86. The molecule has 0 atom stereocenters. The average Bonchev–Trinajstić information content (AvgIpc) is 2.51. The number of hydrogen-bond donors (Lipinski definition) is 3. The summed E-state index contributed by atoms with van der Waals surface area (Å²) in [5.41, 5.74) is 5.73. The Labute approximate surface area is 88.1 Å². The molecule has 0 unspecified atom stereocenters. The van der Waals surface area contributed by atoms with Gasteiger partial charge in [0, 0.05) is 13.7 Å². The van der Waals surface area contributed by atoms with Crippen molar-refractivity contribution in [2.75, 3.05) is 29.9 Å². The molecule has 0 aliphatic carbocycles. The van der Waals surface area contributed by atoms with Gasteiger partial charge >= 0.3 is 0 Å². The Hall–Kier alpha value is -1.28. The van der Waals surface area contributed by atoms with Crippen molar-refractivity contribution in [3.8, 4) is 0 Å². The van der Waals surface area contributed by atoms with Gasteiger partial charge in [0.1, 0.15) is 0 Å². The molecular formula is C7H14N4O3S. The van der Waals surface area contributed by atoms with Crippen LogP contribution in [0.3, 0.4) is 0 Å². The largest absolute Gasteiger partial charge is 0.394 e. The molecular weight excluding hydrogens is 220 g/mol. The monoisotopic (exact) mass is 234 g/mol. The zero-order valence-corrected chi connectivity index (χ0v) is 9.17. The number of sulfonamides is 1. The van der Waals surface area contributed by atoms with Gasteiger partial charge in [-0.1, -0.05) is 0 Å². The van der Waals surface area contributed by atoms with Crippen molar-refractivity contribution >= 4 is 21.5 Å². The maximum atomic E-state index is 11.5. The molecule has 0 aliphatic heterocycles. The zero-order chi connectivity index (χ0) is 11.3. The lowest BCUT2D eigenvalue weighted by Crippen LogP contribution is -2.18. The standard InChI is InChI=1S/C7H14N4O3S/c1-14-3-2-4-15(12,13)11-7-6(8)5-9-10-7/h5H,2-4,8H2,1H3,(H2,9,10,11). The molecule has 7 nitrogen and oxygen atoms in total. The summed E-state index contributed by atoms with van der Waals surface area (Å²) in [6.07, 6.45) is 1.77. The van der Waals surface area contributed by atoms with Crippen LogP contribution in [0, 0.1) is 0 Å². The van der Waals surface area contributed by atoms with Crippen molar-refractivity contribution in [2.24, 2.45) is 0 Å². The topological polar surface area (TPSA) is 110 Å². The minimum Gasteiger partial charge on any atom is -0.394 e. The van der Waals surface area contributed by atoms with Crippen LogP contribution in [0.15, 0.2) is 6.20 Å². The lowest BCUT2D eigenvalue weighted by atomic mass is 10.5. The highest BCUT2D eigenvalue weighted by Crippen LogP contribution is 2.14. The molecule has 0 saturated heterocycles. The number of nitrogens with zero attached hydrogens (tertiary/aromatic N) is 1. The number of methoxy groups -OCH3 is 1. The van der Waals surface area contributed by atoms with E-state index in [2.05, 4.69) is 14.9 Å². The Bertz CT molecular complexity index is 400. The highest BCUT2D eigenvalue weighted by atomic mass is 32.2. The molecule has 0 spiro atoms. The van der Waals surface area contributed by atoms with E-state index >= 15 is 0 Å². The number of nitrogens with one attached hydrogen (secondary N) is 2. The molecule has 0 aliphatic rings. The van der Waals surface area contributed by atoms with Gasteiger partial charge < -0.3 is 10.5 Å². The van der Waals surface area contributed by atoms with E-state index in [0.717, 1.165) is 0 Å². The van der Waals surface area contributed by atoms with Crippen LogP contribution in [-0.4, -0.2) is 38.1 Å². The Morgan fingerprint density at radius 2 is 2.40 bits per heavy atom. The first-order valence-corrected chi connectivity index (χ1v) is 5.98. The average molecular weight is 234 g/mol. The number of aromatic amines is 1. The number of hydrogen-bond acceptors (Lipinski definition) is 5. The van der Waals surface area contributed by atoms with Crippen molar-refractivity contribution < 1.29 is 13.2 Å². The number of aromatic nitrogens is 2. The van der Waals surface area contributed by atoms with E-state index in [-0.39, 0.29) is 17.3 Å². The predicted octanol–water partition coefficient (Wildman–Crippen LogP) is -0.230. The molecule has 1 rings (SSSR count). The summed E-state index contributed by atoms with van der Waals surface area (Å²) in [6.45, 7) is 0.402. The third kappa shape index (κ3) is 3.76. The summed E-state index contributed by atoms with van der Waals surface area (Å²) in [4.78, 5) is 0. The van der Waals surface area contributed by atoms with Gasteiger partial charge in [-0.05, 0) is 6.42 Å². The Morgan fingerprint density at radius 1 is 1.67 bits per heavy atom. The first-order valence-electron chi connectivity index (χ1n) is 4.33. The maximum absolute atomic E-state index is 11.5. The van der Waals surface area contributed by atoms with Crippen LogP contribution < -0.4 is 10.5 Å². The zero-order valence-electron chi connectivity index (χ0n) is 8.36. The van der Waals surface area contributed by atoms with Gasteiger partial charge in [0.15, 0.2) is 5.82 Å². The number of nitrogen functional groups attached to an aromatic ring is 1. The number of anilines is 2. The highest BCUT2D eigenvalue weighted by molar-refractivity contribution is 7.92. The van der Waals surface area contributed by atoms with Crippen LogP contribution in [0.4, 0.5) is 11.5 Å². The molecule has 1 aromatic heterocycles. The molecule has 8 heteroatoms. The van der Waals surface area contributed by atoms with Crippen molar-refractivity contribution in [1.29, 1.82) is 0 Å². The number of nitrogens with two attached hydrogens (primary N) is 1. The second kappa shape index (κ2) is 4.99. The van der Waals surface area contributed by atoms with E-state index in [1.165, 1.54) is 13.3 Å². The third-order valence-corrected chi connectivity index (χ3v) is 3.03.